The summed E-state index contributed by atoms with van der Waals surface area (Å²) in [4.78, 5) is 74.0. The Balaban J connectivity index is 1.30. The van der Waals surface area contributed by atoms with E-state index in [2.05, 4.69) is 16.0 Å². The average molecular weight is 514 g/mol. The van der Waals surface area contributed by atoms with E-state index in [1.54, 1.807) is 6.92 Å². The fourth-order valence-corrected chi connectivity index (χ4v) is 6.55. The Bertz CT molecular complexity index is 1140. The number of aromatic nitrogens is 1. The molecule has 1 aromatic rings. The average Bonchev–Trinajstić information content (AvgIpc) is 2.84. The van der Waals surface area contributed by atoms with E-state index in [1.165, 1.54) is 18.3 Å². The second-order valence-corrected chi connectivity index (χ2v) is 10.7. The van der Waals surface area contributed by atoms with Crippen LogP contribution in [0.4, 0.5) is 5.69 Å². The number of ketones is 1. The molecule has 1 aromatic heterocycles. The quantitative estimate of drug-likeness (QED) is 0.329. The van der Waals surface area contributed by atoms with Crippen LogP contribution in [0.5, 0.6) is 0 Å². The number of carbonyl (C=O) groups excluding carboxylic acids is 5. The molecule has 4 bridgehead atoms. The number of hydrogen-bond acceptors (Lipinski definition) is 7. The molecule has 4 saturated carbocycles. The fraction of sp³-hybridized carbons (Fsp3) is 0.615. The number of amides is 4. The van der Waals surface area contributed by atoms with Crippen LogP contribution in [-0.4, -0.2) is 46.6 Å². The second-order valence-electron chi connectivity index (χ2n) is 10.7. The Morgan fingerprint density at radius 1 is 1.05 bits per heavy atom. The van der Waals surface area contributed by atoms with Gasteiger partial charge >= 0.3 is 0 Å². The zero-order chi connectivity index (χ0) is 26.7. The van der Waals surface area contributed by atoms with Crippen molar-refractivity contribution >= 4 is 35.1 Å². The molecule has 0 aliphatic heterocycles. The van der Waals surface area contributed by atoms with Crippen LogP contribution in [0.3, 0.4) is 0 Å². The Kier molecular flexibility index (Phi) is 7.91. The molecule has 200 valence electrons. The van der Waals surface area contributed by atoms with Gasteiger partial charge in [-0.3, -0.25) is 34.1 Å². The number of rotatable bonds is 10. The lowest BCUT2D eigenvalue weighted by atomic mass is 9.48. The minimum atomic E-state index is -0.683. The smallest absolute Gasteiger partial charge is 0.287 e. The van der Waals surface area contributed by atoms with Crippen LogP contribution in [0.1, 0.15) is 58.3 Å². The molecule has 37 heavy (non-hydrogen) atoms. The van der Waals surface area contributed by atoms with E-state index < -0.39 is 34.5 Å². The molecule has 2 atom stereocenters. The first kappa shape index (κ1) is 26.7. The third kappa shape index (κ3) is 5.82. The van der Waals surface area contributed by atoms with Gasteiger partial charge in [0, 0.05) is 31.6 Å². The molecule has 0 aromatic carbocycles. The number of nitrogens with one attached hydrogen (secondary N) is 3. The predicted octanol–water partition coefficient (Wildman–Crippen LogP) is 0.459. The molecule has 0 radical (unpaired) electrons. The van der Waals surface area contributed by atoms with Crippen molar-refractivity contribution in [1.29, 1.82) is 0 Å². The van der Waals surface area contributed by atoms with Crippen molar-refractivity contribution in [2.24, 2.45) is 28.9 Å². The maximum absolute atomic E-state index is 13.2. The van der Waals surface area contributed by atoms with Gasteiger partial charge in [-0.1, -0.05) is 0 Å². The third-order valence-corrected chi connectivity index (χ3v) is 8.09. The topological polar surface area (TPSA) is 169 Å². The van der Waals surface area contributed by atoms with Gasteiger partial charge in [-0.25, -0.2) is 0 Å². The van der Waals surface area contributed by atoms with Gasteiger partial charge in [0.2, 0.25) is 23.5 Å². The minimum absolute atomic E-state index is 0.0169. The monoisotopic (exact) mass is 513 g/mol. The Labute approximate surface area is 214 Å². The molecular weight excluding hydrogens is 478 g/mol. The van der Waals surface area contributed by atoms with Gasteiger partial charge in [0.15, 0.2) is 0 Å². The van der Waals surface area contributed by atoms with Gasteiger partial charge < -0.3 is 20.9 Å². The molecule has 1 heterocycles. The highest BCUT2D eigenvalue weighted by Crippen LogP contribution is 2.59. The summed E-state index contributed by atoms with van der Waals surface area (Å²) >= 11 is 0. The summed E-state index contributed by atoms with van der Waals surface area (Å²) in [6.07, 6.45) is 5.73. The summed E-state index contributed by atoms with van der Waals surface area (Å²) in [5.41, 5.74) is 5.20. The standard InChI is InChI=1S/C26H35N5O6/c1-2-28-23(35)19(32)6-3-7-20(33)29-18-5-4-8-31(24(18)36)14-21(34)30-25(37)26-11-15-9-16(12-26)22(27)17(10-15)13-26/h4-5,8,15-17,22H,2-3,6-7,9-14,27H2,1H3,(H,28,35)(H,29,33)(H,30,34,37). The third-order valence-electron chi connectivity index (χ3n) is 8.09. The molecule has 11 heteroatoms. The van der Waals surface area contributed by atoms with Crippen molar-refractivity contribution in [2.45, 2.75) is 70.9 Å². The van der Waals surface area contributed by atoms with Crippen molar-refractivity contribution in [3.63, 3.8) is 0 Å². The van der Waals surface area contributed by atoms with E-state index in [-0.39, 0.29) is 43.4 Å². The highest BCUT2D eigenvalue weighted by Gasteiger charge is 2.57. The van der Waals surface area contributed by atoms with Crippen molar-refractivity contribution in [1.82, 2.24) is 15.2 Å². The van der Waals surface area contributed by atoms with Crippen molar-refractivity contribution in [3.05, 3.63) is 28.7 Å². The number of Topliss-reactive ketones (excluding diaryl/α,β-unsaturated/α-hetero) is 1. The molecule has 4 aliphatic rings. The lowest BCUT2D eigenvalue weighted by Gasteiger charge is -2.58. The molecule has 4 aliphatic carbocycles. The lowest BCUT2D eigenvalue weighted by molar-refractivity contribution is -0.151. The number of pyridine rings is 1. The first-order valence-electron chi connectivity index (χ1n) is 13.0. The Morgan fingerprint density at radius 2 is 1.76 bits per heavy atom. The second kappa shape index (κ2) is 11.0. The van der Waals surface area contributed by atoms with Crippen molar-refractivity contribution < 1.29 is 24.0 Å². The molecule has 0 saturated heterocycles. The predicted molar refractivity (Wildman–Crippen MR) is 134 cm³/mol. The highest BCUT2D eigenvalue weighted by atomic mass is 16.2. The maximum atomic E-state index is 13.2. The number of carbonyl (C=O) groups is 5. The molecule has 0 spiro atoms. The lowest BCUT2D eigenvalue weighted by Crippen LogP contribution is -2.61. The Morgan fingerprint density at radius 3 is 2.43 bits per heavy atom. The maximum Gasteiger partial charge on any atom is 0.287 e. The van der Waals surface area contributed by atoms with Gasteiger partial charge in [-0.2, -0.15) is 0 Å². The fourth-order valence-electron chi connectivity index (χ4n) is 6.55. The first-order chi connectivity index (χ1) is 17.6. The van der Waals surface area contributed by atoms with Crippen molar-refractivity contribution in [2.75, 3.05) is 11.9 Å². The van der Waals surface area contributed by atoms with Crippen LogP contribution in [0.25, 0.3) is 0 Å². The van der Waals surface area contributed by atoms with Crippen LogP contribution in [-0.2, 0) is 30.5 Å². The molecule has 4 fully saturated rings. The van der Waals surface area contributed by atoms with Gasteiger partial charge in [0.1, 0.15) is 12.2 Å². The molecular formula is C26H35N5O6. The number of imide groups is 1. The largest absolute Gasteiger partial charge is 0.350 e. The minimum Gasteiger partial charge on any atom is -0.350 e. The van der Waals surface area contributed by atoms with Gasteiger partial charge in [-0.15, -0.1) is 0 Å². The first-order valence-corrected chi connectivity index (χ1v) is 13.0. The zero-order valence-electron chi connectivity index (χ0n) is 21.1. The highest BCUT2D eigenvalue weighted by molar-refractivity contribution is 6.36. The summed E-state index contributed by atoms with van der Waals surface area (Å²) in [6, 6.07) is 3.06. The number of nitrogens with two attached hydrogens (primary N) is 1. The van der Waals surface area contributed by atoms with E-state index in [9.17, 15) is 28.8 Å². The normalized spacial score (nSPS) is 27.4. The van der Waals surface area contributed by atoms with Crippen molar-refractivity contribution in [3.8, 4) is 0 Å². The van der Waals surface area contributed by atoms with Crippen LogP contribution < -0.4 is 27.2 Å². The molecule has 2 unspecified atom stereocenters. The SMILES string of the molecule is CCNC(=O)C(=O)CCCC(=O)Nc1cccn(CC(=O)NC(=O)C23CC4CC(C2)C(N)C(C4)C3)c1=O. The number of hydrogen-bond donors (Lipinski definition) is 4. The molecule has 5 rings (SSSR count). The summed E-state index contributed by atoms with van der Waals surface area (Å²) < 4.78 is 1.13. The summed E-state index contributed by atoms with van der Waals surface area (Å²) in [5, 5.41) is 7.41. The number of nitrogens with zero attached hydrogens (tertiary/aromatic N) is 1. The molecule has 11 nitrogen and oxygen atoms in total. The zero-order valence-corrected chi connectivity index (χ0v) is 21.1. The van der Waals surface area contributed by atoms with Crippen LogP contribution in [0.2, 0.25) is 0 Å². The molecule has 5 N–H and O–H groups in total. The number of anilines is 1. The Hall–Kier alpha value is -3.34. The van der Waals surface area contributed by atoms with Gasteiger partial charge in [0.25, 0.3) is 11.5 Å². The van der Waals surface area contributed by atoms with Crippen LogP contribution in [0.15, 0.2) is 23.1 Å². The van der Waals surface area contributed by atoms with Gasteiger partial charge in [0.05, 0.1) is 5.41 Å². The van der Waals surface area contributed by atoms with E-state index in [0.29, 0.717) is 37.1 Å². The number of likely N-dealkylation sites (N-methyl/N-ethyl adjacent to an activating group) is 1. The summed E-state index contributed by atoms with van der Waals surface area (Å²) in [7, 11) is 0. The van der Waals surface area contributed by atoms with E-state index in [1.807, 2.05) is 0 Å². The van der Waals surface area contributed by atoms with Crippen LogP contribution >= 0.6 is 0 Å². The van der Waals surface area contributed by atoms with Crippen LogP contribution in [0, 0.1) is 23.2 Å². The summed E-state index contributed by atoms with van der Waals surface area (Å²) in [5.74, 6) is -1.51. The van der Waals surface area contributed by atoms with E-state index in [4.69, 9.17) is 5.73 Å². The van der Waals surface area contributed by atoms with E-state index >= 15 is 0 Å². The van der Waals surface area contributed by atoms with E-state index in [0.717, 1.165) is 23.8 Å². The summed E-state index contributed by atoms with van der Waals surface area (Å²) in [6.45, 7) is 1.68. The van der Waals surface area contributed by atoms with Gasteiger partial charge in [-0.05, 0) is 75.3 Å². The molecule has 4 amide bonds.